The number of thiophene rings is 1. The number of aryl methyl sites for hydroxylation is 1. The number of carbonyl (C=O) groups is 1. The van der Waals surface area contributed by atoms with E-state index in [4.69, 9.17) is 4.52 Å². The second kappa shape index (κ2) is 6.87. The minimum Gasteiger partial charge on any atom is -0.355 e. The molecule has 134 valence electrons. The molecule has 1 aliphatic rings. The maximum Gasteiger partial charge on any atom is 0.266 e. The lowest BCUT2D eigenvalue weighted by Gasteiger charge is -2.12. The molecule has 1 fully saturated rings. The molecule has 0 bridgehead atoms. The van der Waals surface area contributed by atoms with E-state index < -0.39 is 5.41 Å². The number of nitrogens with one attached hydrogen (secondary N) is 1. The van der Waals surface area contributed by atoms with Gasteiger partial charge >= 0.3 is 0 Å². The number of carbonyl (C=O) groups excluding carboxylic acids is 1. The minimum absolute atomic E-state index is 0.0307. The van der Waals surface area contributed by atoms with Gasteiger partial charge < -0.3 is 9.84 Å². The van der Waals surface area contributed by atoms with Crippen molar-refractivity contribution in [2.45, 2.75) is 31.2 Å². The fraction of sp³-hybridized carbons (Fsp3) is 0.333. The molecule has 0 atom stereocenters. The van der Waals surface area contributed by atoms with E-state index >= 15 is 0 Å². The smallest absolute Gasteiger partial charge is 0.266 e. The fourth-order valence-electron chi connectivity index (χ4n) is 2.92. The zero-order valence-electron chi connectivity index (χ0n) is 14.1. The zero-order chi connectivity index (χ0) is 18.0. The number of hydrogen-bond donors (Lipinski definition) is 1. The van der Waals surface area contributed by atoms with Crippen molar-refractivity contribution in [3.63, 3.8) is 0 Å². The number of aromatic nitrogens is 3. The predicted molar refractivity (Wildman–Crippen MR) is 96.9 cm³/mol. The van der Waals surface area contributed by atoms with E-state index in [0.29, 0.717) is 31.0 Å². The van der Waals surface area contributed by atoms with E-state index in [9.17, 15) is 9.59 Å². The van der Waals surface area contributed by atoms with Crippen LogP contribution in [0.15, 0.2) is 51.2 Å². The normalized spacial score (nSPS) is 14.9. The first kappa shape index (κ1) is 16.7. The van der Waals surface area contributed by atoms with E-state index in [1.807, 2.05) is 23.6 Å². The summed E-state index contributed by atoms with van der Waals surface area (Å²) < 4.78 is 6.81. The van der Waals surface area contributed by atoms with Crippen molar-refractivity contribution in [1.82, 2.24) is 20.3 Å². The lowest BCUT2D eigenvalue weighted by Crippen LogP contribution is -2.36. The third-order valence-electron chi connectivity index (χ3n) is 4.57. The Kier molecular flexibility index (Phi) is 4.42. The third kappa shape index (κ3) is 3.20. The van der Waals surface area contributed by atoms with Crippen LogP contribution in [0.5, 0.6) is 0 Å². The van der Waals surface area contributed by atoms with E-state index in [-0.39, 0.29) is 11.5 Å². The van der Waals surface area contributed by atoms with Gasteiger partial charge in [-0.1, -0.05) is 11.2 Å². The molecule has 0 spiro atoms. The van der Waals surface area contributed by atoms with Crippen molar-refractivity contribution in [3.8, 4) is 10.6 Å². The van der Waals surface area contributed by atoms with Crippen molar-refractivity contribution in [3.05, 3.63) is 58.0 Å². The lowest BCUT2D eigenvalue weighted by atomic mass is 10.0. The number of rotatable bonds is 7. The minimum atomic E-state index is -0.569. The largest absolute Gasteiger partial charge is 0.355 e. The van der Waals surface area contributed by atoms with E-state index in [1.165, 1.54) is 10.7 Å². The van der Waals surface area contributed by atoms with Gasteiger partial charge in [0, 0.05) is 31.4 Å². The van der Waals surface area contributed by atoms with Crippen LogP contribution in [0, 0.1) is 0 Å². The molecule has 0 aromatic carbocycles. The van der Waals surface area contributed by atoms with Crippen LogP contribution in [0.3, 0.4) is 0 Å². The molecule has 0 saturated heterocycles. The van der Waals surface area contributed by atoms with Gasteiger partial charge in [-0.3, -0.25) is 9.59 Å². The Hall–Kier alpha value is -2.74. The second-order valence-corrected chi connectivity index (χ2v) is 7.28. The van der Waals surface area contributed by atoms with Gasteiger partial charge in [-0.05, 0) is 36.8 Å². The highest BCUT2D eigenvalue weighted by Crippen LogP contribution is 2.48. The Morgan fingerprint density at radius 3 is 2.96 bits per heavy atom. The molecule has 0 aliphatic heterocycles. The molecular weight excluding hydrogens is 352 g/mol. The summed E-state index contributed by atoms with van der Waals surface area (Å²) >= 11 is 1.58. The molecule has 1 saturated carbocycles. The van der Waals surface area contributed by atoms with Gasteiger partial charge in [0.15, 0.2) is 5.76 Å². The summed E-state index contributed by atoms with van der Waals surface area (Å²) in [5, 5.41) is 13.1. The molecule has 4 rings (SSSR count). The maximum absolute atomic E-state index is 12.6. The maximum atomic E-state index is 12.6. The molecule has 1 amide bonds. The van der Waals surface area contributed by atoms with Gasteiger partial charge in [-0.15, -0.1) is 11.3 Å². The molecule has 7 nitrogen and oxygen atoms in total. The summed E-state index contributed by atoms with van der Waals surface area (Å²) in [5.41, 5.74) is -0.0126. The van der Waals surface area contributed by atoms with Crippen LogP contribution < -0.4 is 10.9 Å². The molecule has 8 heteroatoms. The van der Waals surface area contributed by atoms with Crippen LogP contribution in [0.4, 0.5) is 0 Å². The van der Waals surface area contributed by atoms with Crippen LogP contribution in [-0.4, -0.2) is 27.4 Å². The van der Waals surface area contributed by atoms with Gasteiger partial charge in [-0.25, -0.2) is 4.68 Å². The van der Waals surface area contributed by atoms with Crippen molar-refractivity contribution in [2.24, 2.45) is 0 Å². The van der Waals surface area contributed by atoms with Gasteiger partial charge in [0.05, 0.1) is 16.0 Å². The quantitative estimate of drug-likeness (QED) is 0.644. The monoisotopic (exact) mass is 370 g/mol. The van der Waals surface area contributed by atoms with Gasteiger partial charge in [0.25, 0.3) is 5.56 Å². The van der Waals surface area contributed by atoms with Gasteiger partial charge in [-0.2, -0.15) is 5.10 Å². The first-order valence-corrected chi connectivity index (χ1v) is 9.38. The van der Waals surface area contributed by atoms with Crippen molar-refractivity contribution in [1.29, 1.82) is 0 Å². The average molecular weight is 370 g/mol. The summed E-state index contributed by atoms with van der Waals surface area (Å²) in [6, 6.07) is 8.87. The Balaban J connectivity index is 1.34. The molecule has 26 heavy (non-hydrogen) atoms. The predicted octanol–water partition coefficient (Wildman–Crippen LogP) is 2.20. The second-order valence-electron chi connectivity index (χ2n) is 6.33. The summed E-state index contributed by atoms with van der Waals surface area (Å²) in [6.45, 7) is 0.957. The molecule has 3 aromatic rings. The highest BCUT2D eigenvalue weighted by atomic mass is 32.1. The topological polar surface area (TPSA) is 90.0 Å². The van der Waals surface area contributed by atoms with Crippen molar-refractivity contribution in [2.75, 3.05) is 6.54 Å². The first-order valence-electron chi connectivity index (χ1n) is 8.51. The average Bonchev–Trinajstić information content (AvgIpc) is 3.07. The zero-order valence-corrected chi connectivity index (χ0v) is 14.9. The molecule has 3 aromatic heterocycles. The summed E-state index contributed by atoms with van der Waals surface area (Å²) in [4.78, 5) is 25.2. The third-order valence-corrected chi connectivity index (χ3v) is 5.45. The van der Waals surface area contributed by atoms with E-state index in [0.717, 1.165) is 17.7 Å². The van der Waals surface area contributed by atoms with Crippen LogP contribution in [0.2, 0.25) is 0 Å². The van der Waals surface area contributed by atoms with Crippen LogP contribution in [0.1, 0.15) is 25.0 Å². The van der Waals surface area contributed by atoms with Crippen molar-refractivity contribution < 1.29 is 9.32 Å². The Morgan fingerprint density at radius 1 is 1.35 bits per heavy atom. The molecule has 0 unspecified atom stereocenters. The molecule has 1 aliphatic carbocycles. The highest BCUT2D eigenvalue weighted by Gasteiger charge is 2.53. The van der Waals surface area contributed by atoms with Gasteiger partial charge in [0.1, 0.15) is 0 Å². The number of amides is 1. The molecule has 0 radical (unpaired) electrons. The summed E-state index contributed by atoms with van der Waals surface area (Å²) in [6.07, 6.45) is 3.76. The summed E-state index contributed by atoms with van der Waals surface area (Å²) in [7, 11) is 0. The van der Waals surface area contributed by atoms with Crippen LogP contribution >= 0.6 is 11.3 Å². The Morgan fingerprint density at radius 2 is 2.23 bits per heavy atom. The molecule has 3 heterocycles. The SMILES string of the molecule is O=C(NCCCn1ncccc1=O)C1(c2cc(-c3cccs3)on2)CC1. The van der Waals surface area contributed by atoms with E-state index in [2.05, 4.69) is 15.6 Å². The number of nitrogens with zero attached hydrogens (tertiary/aromatic N) is 3. The summed E-state index contributed by atoms with van der Waals surface area (Å²) in [5.74, 6) is 0.667. The highest BCUT2D eigenvalue weighted by molar-refractivity contribution is 7.13. The molecule has 1 N–H and O–H groups in total. The van der Waals surface area contributed by atoms with Crippen LogP contribution in [-0.2, 0) is 16.8 Å². The Labute approximate surface area is 153 Å². The fourth-order valence-corrected chi connectivity index (χ4v) is 3.59. The van der Waals surface area contributed by atoms with E-state index in [1.54, 1.807) is 23.6 Å². The first-order chi connectivity index (χ1) is 12.7. The standard InChI is InChI=1S/C18H18N4O3S/c23-16-5-1-9-20-22(16)10-3-8-19-17(24)18(6-7-18)15-12-13(25-21-15)14-4-2-11-26-14/h1-2,4-5,9,11-12H,3,6-8,10H2,(H,19,24). The number of hydrogen-bond acceptors (Lipinski definition) is 6. The van der Waals surface area contributed by atoms with Crippen LogP contribution in [0.25, 0.3) is 10.6 Å². The lowest BCUT2D eigenvalue weighted by molar-refractivity contribution is -0.123. The Bertz CT molecular complexity index is 957. The van der Waals surface area contributed by atoms with Crippen molar-refractivity contribution >= 4 is 17.2 Å². The van der Waals surface area contributed by atoms with Gasteiger partial charge in [0.2, 0.25) is 5.91 Å². The molecular formula is C18H18N4O3S.